The van der Waals surface area contributed by atoms with Crippen LogP contribution in [0.3, 0.4) is 0 Å². The number of aromatic nitrogens is 2. The van der Waals surface area contributed by atoms with Gasteiger partial charge in [-0.1, -0.05) is 12.1 Å². The fourth-order valence-corrected chi connectivity index (χ4v) is 5.03. The van der Waals surface area contributed by atoms with Gasteiger partial charge in [-0.3, -0.25) is 14.9 Å². The highest BCUT2D eigenvalue weighted by molar-refractivity contribution is 6.03. The molecule has 0 radical (unpaired) electrons. The summed E-state index contributed by atoms with van der Waals surface area (Å²) < 4.78 is 26.1. The molecule has 212 valence electrons. The summed E-state index contributed by atoms with van der Waals surface area (Å²) >= 11 is 0. The predicted molar refractivity (Wildman–Crippen MR) is 149 cm³/mol. The molecular weight excluding hydrogens is 594 g/mol. The maximum absolute atomic E-state index is 13.5. The van der Waals surface area contributed by atoms with E-state index >= 15 is 0 Å². The van der Waals surface area contributed by atoms with Crippen LogP contribution in [-0.4, -0.2) is 43.5 Å². The van der Waals surface area contributed by atoms with Gasteiger partial charge in [0.25, 0.3) is 11.5 Å². The molecule has 0 aliphatic rings. The second-order valence-electron chi connectivity index (χ2n) is 9.11. The summed E-state index contributed by atoms with van der Waals surface area (Å²) in [5.41, 5.74) is 2.51. The third-order valence-corrected chi connectivity index (χ3v) is 7.03. The van der Waals surface area contributed by atoms with Crippen molar-refractivity contribution in [1.82, 2.24) is 4.40 Å². The standard InChI is InChI=1S/C30H28N3O7.BrH/c1-18-31-12-11-19-14-27(39-4)28(40-5)16-23(19)30(31)29(21-9-10-25(37-2)26(15-21)38-3)32(18)17-24(34)20-7-6-8-22(13-20)33(35)36;/h6-16H,17H2,1-5H3;1H/q+1;/p-1. The molecule has 3 aromatic carbocycles. The first-order valence-electron chi connectivity index (χ1n) is 12.4. The minimum atomic E-state index is -0.509. The largest absolute Gasteiger partial charge is 1.00 e. The SMILES string of the molecule is COc1ccc(-c2c3c4cc(OC)c(OC)cc4ccn3c(C)[n+]2CC(=O)c2cccc([N+](=O)[O-])c2)cc1OC.[Br-]. The highest BCUT2D eigenvalue weighted by atomic mass is 79.9. The van der Waals surface area contributed by atoms with Gasteiger partial charge in [0.2, 0.25) is 5.78 Å². The number of nitro benzene ring substituents is 1. The molecular formula is C30H28BrN3O7. The van der Waals surface area contributed by atoms with Gasteiger partial charge in [0.15, 0.2) is 40.8 Å². The van der Waals surface area contributed by atoms with Crippen LogP contribution in [0.2, 0.25) is 0 Å². The highest BCUT2D eigenvalue weighted by Gasteiger charge is 2.29. The fraction of sp³-hybridized carbons (Fsp3) is 0.200. The summed E-state index contributed by atoms with van der Waals surface area (Å²) in [6.07, 6.45) is 1.94. The summed E-state index contributed by atoms with van der Waals surface area (Å²) in [6, 6.07) is 17.2. The van der Waals surface area contributed by atoms with Crippen LogP contribution in [-0.2, 0) is 6.54 Å². The van der Waals surface area contributed by atoms with Crippen molar-refractivity contribution in [1.29, 1.82) is 0 Å². The van der Waals surface area contributed by atoms with Gasteiger partial charge in [0, 0.05) is 35.6 Å². The maximum atomic E-state index is 13.5. The smallest absolute Gasteiger partial charge is 0.270 e. The molecule has 11 heteroatoms. The van der Waals surface area contributed by atoms with Crippen molar-refractivity contribution in [3.8, 4) is 34.3 Å². The first-order chi connectivity index (χ1) is 19.3. The van der Waals surface area contributed by atoms with Crippen LogP contribution in [0, 0.1) is 17.0 Å². The number of benzene rings is 3. The van der Waals surface area contributed by atoms with E-state index < -0.39 is 4.92 Å². The van der Waals surface area contributed by atoms with Gasteiger partial charge in [-0.15, -0.1) is 0 Å². The van der Waals surface area contributed by atoms with Crippen LogP contribution in [0.4, 0.5) is 5.69 Å². The molecule has 0 N–H and O–H groups in total. The number of carbonyl (C=O) groups excluding carboxylic acids is 1. The lowest BCUT2D eigenvalue weighted by Crippen LogP contribution is -3.00. The molecule has 41 heavy (non-hydrogen) atoms. The molecule has 0 atom stereocenters. The maximum Gasteiger partial charge on any atom is 0.270 e. The monoisotopic (exact) mass is 621 g/mol. The molecule has 5 aromatic rings. The number of aryl methyl sites for hydroxylation is 1. The number of ketones is 1. The quantitative estimate of drug-likeness (QED) is 0.107. The lowest BCUT2D eigenvalue weighted by molar-refractivity contribution is -0.677. The number of carbonyl (C=O) groups is 1. The number of pyridine rings is 1. The molecule has 2 heterocycles. The van der Waals surface area contributed by atoms with Crippen molar-refractivity contribution in [3.63, 3.8) is 0 Å². The van der Waals surface area contributed by atoms with E-state index in [9.17, 15) is 14.9 Å². The summed E-state index contributed by atoms with van der Waals surface area (Å²) in [6.45, 7) is 1.87. The van der Waals surface area contributed by atoms with Gasteiger partial charge in [-0.05, 0) is 41.8 Å². The third-order valence-electron chi connectivity index (χ3n) is 7.03. The van der Waals surface area contributed by atoms with Crippen LogP contribution >= 0.6 is 0 Å². The number of Topliss-reactive ketones (excluding diaryl/α,β-unsaturated/α-hetero) is 1. The molecule has 0 fully saturated rings. The van der Waals surface area contributed by atoms with Gasteiger partial charge >= 0.3 is 0 Å². The van der Waals surface area contributed by atoms with E-state index in [2.05, 4.69) is 0 Å². The second-order valence-corrected chi connectivity index (χ2v) is 9.11. The zero-order chi connectivity index (χ0) is 28.6. The minimum Gasteiger partial charge on any atom is -1.00 e. The van der Waals surface area contributed by atoms with Crippen molar-refractivity contribution >= 4 is 27.8 Å². The first-order valence-corrected chi connectivity index (χ1v) is 12.4. The molecule has 10 nitrogen and oxygen atoms in total. The van der Waals surface area contributed by atoms with Crippen molar-refractivity contribution in [2.75, 3.05) is 28.4 Å². The Balaban J connectivity index is 0.00000387. The molecule has 0 saturated heterocycles. The molecule has 0 amide bonds. The number of halogens is 1. The Labute approximate surface area is 246 Å². The zero-order valence-corrected chi connectivity index (χ0v) is 24.7. The van der Waals surface area contributed by atoms with Crippen molar-refractivity contribution < 1.29 is 50.2 Å². The molecule has 0 saturated carbocycles. The lowest BCUT2D eigenvalue weighted by atomic mass is 10.0. The van der Waals surface area contributed by atoms with Crippen LogP contribution in [0.15, 0.2) is 66.9 Å². The number of rotatable bonds is 9. The third kappa shape index (κ3) is 5.16. The van der Waals surface area contributed by atoms with Gasteiger partial charge in [-0.2, -0.15) is 4.40 Å². The molecule has 2 aromatic heterocycles. The Kier molecular flexibility index (Phi) is 8.48. The van der Waals surface area contributed by atoms with E-state index in [-0.39, 0.29) is 40.6 Å². The number of hydrogen-bond acceptors (Lipinski definition) is 7. The number of nitrogens with zero attached hydrogens (tertiary/aromatic N) is 3. The molecule has 0 aliphatic carbocycles. The van der Waals surface area contributed by atoms with E-state index in [1.54, 1.807) is 34.5 Å². The van der Waals surface area contributed by atoms with Crippen LogP contribution in [0.1, 0.15) is 16.2 Å². The average molecular weight is 622 g/mol. The van der Waals surface area contributed by atoms with Crippen molar-refractivity contribution in [2.24, 2.45) is 0 Å². The topological polar surface area (TPSA) is 105 Å². The van der Waals surface area contributed by atoms with E-state index in [4.69, 9.17) is 18.9 Å². The number of ether oxygens (including phenoxy) is 4. The Hall–Kier alpha value is -4.64. The molecule has 5 rings (SSSR count). The number of nitro groups is 1. The number of imidazole rings is 1. The van der Waals surface area contributed by atoms with Crippen molar-refractivity contribution in [3.05, 3.63) is 88.4 Å². The van der Waals surface area contributed by atoms with E-state index in [1.807, 2.05) is 58.5 Å². The predicted octanol–water partition coefficient (Wildman–Crippen LogP) is 2.18. The second kappa shape index (κ2) is 11.8. The Morgan fingerprint density at radius 1 is 0.878 bits per heavy atom. The summed E-state index contributed by atoms with van der Waals surface area (Å²) in [4.78, 5) is 24.4. The number of fused-ring (bicyclic) bond motifs is 3. The Morgan fingerprint density at radius 2 is 1.54 bits per heavy atom. The van der Waals surface area contributed by atoms with Gasteiger partial charge in [0.1, 0.15) is 0 Å². The van der Waals surface area contributed by atoms with Crippen LogP contribution in [0.25, 0.3) is 27.5 Å². The van der Waals surface area contributed by atoms with Crippen molar-refractivity contribution in [2.45, 2.75) is 13.5 Å². The van der Waals surface area contributed by atoms with E-state index in [0.29, 0.717) is 23.0 Å². The highest BCUT2D eigenvalue weighted by Crippen LogP contribution is 2.39. The van der Waals surface area contributed by atoms with Gasteiger partial charge < -0.3 is 35.9 Å². The zero-order valence-electron chi connectivity index (χ0n) is 23.1. The molecule has 0 unspecified atom stereocenters. The fourth-order valence-electron chi connectivity index (χ4n) is 5.03. The van der Waals surface area contributed by atoms with Crippen LogP contribution in [0.5, 0.6) is 23.0 Å². The molecule has 0 aliphatic heterocycles. The first kappa shape index (κ1) is 29.3. The van der Waals surface area contributed by atoms with E-state index in [1.165, 1.54) is 18.2 Å². The number of methoxy groups -OCH3 is 4. The average Bonchev–Trinajstić information content (AvgIpc) is 3.26. The number of non-ortho nitro benzene ring substituents is 1. The lowest BCUT2D eigenvalue weighted by Gasteiger charge is -2.11. The minimum absolute atomic E-state index is 0. The summed E-state index contributed by atoms with van der Waals surface area (Å²) in [7, 11) is 6.31. The Bertz CT molecular complexity index is 1800. The van der Waals surface area contributed by atoms with E-state index in [0.717, 1.165) is 33.4 Å². The molecule has 0 spiro atoms. The summed E-state index contributed by atoms with van der Waals surface area (Å²) in [5, 5.41) is 13.1. The molecule has 0 bridgehead atoms. The van der Waals surface area contributed by atoms with Crippen LogP contribution < -0.4 is 40.5 Å². The Morgan fingerprint density at radius 3 is 2.20 bits per heavy atom. The summed E-state index contributed by atoms with van der Waals surface area (Å²) in [5.74, 6) is 2.80. The number of hydrogen-bond donors (Lipinski definition) is 0. The van der Waals surface area contributed by atoms with Gasteiger partial charge in [-0.25, -0.2) is 4.57 Å². The normalized spacial score (nSPS) is 10.8. The van der Waals surface area contributed by atoms with Gasteiger partial charge in [0.05, 0.1) is 39.6 Å².